The number of pyridine rings is 4. The van der Waals surface area contributed by atoms with Gasteiger partial charge in [-0.05, 0) is 36.4 Å². The van der Waals surface area contributed by atoms with Crippen molar-refractivity contribution in [2.45, 2.75) is 0 Å². The maximum Gasteiger partial charge on any atom is 0.116 e. The van der Waals surface area contributed by atoms with Gasteiger partial charge in [-0.3, -0.25) is 25.0 Å². The minimum Gasteiger partial charge on any atom is -0.397 e. The first-order valence-electron chi connectivity index (χ1n) is 9.70. The number of nitrogens with two attached hydrogens (primary N) is 1. The van der Waals surface area contributed by atoms with Crippen LogP contribution >= 0.6 is 0 Å². The molecule has 148 valence electrons. The van der Waals surface area contributed by atoms with Crippen molar-refractivity contribution in [2.24, 2.45) is 0 Å². The Morgan fingerprint density at radius 3 is 2.52 bits per heavy atom. The Morgan fingerprint density at radius 1 is 0.742 bits per heavy atom. The maximum absolute atomic E-state index is 5.89. The minimum absolute atomic E-state index is 0.595. The molecule has 0 bridgehead atoms. The molecule has 6 aromatic heterocycles. The summed E-state index contributed by atoms with van der Waals surface area (Å²) in [7, 11) is 0. The Labute approximate surface area is 176 Å². The lowest BCUT2D eigenvalue weighted by Crippen LogP contribution is -1.89. The third-order valence-electron chi connectivity index (χ3n) is 5.24. The molecule has 0 radical (unpaired) electrons. The first-order chi connectivity index (χ1) is 15.3. The van der Waals surface area contributed by atoms with Crippen LogP contribution in [0.15, 0.2) is 73.6 Å². The summed E-state index contributed by atoms with van der Waals surface area (Å²) in [6.07, 6.45) is 10.5. The van der Waals surface area contributed by atoms with Gasteiger partial charge in [0.2, 0.25) is 0 Å². The van der Waals surface area contributed by atoms with Crippen LogP contribution in [0.1, 0.15) is 0 Å². The molecule has 6 rings (SSSR count). The monoisotopic (exact) mass is 404 g/mol. The number of nitrogen functional groups attached to an aromatic ring is 1. The van der Waals surface area contributed by atoms with Crippen molar-refractivity contribution in [3.63, 3.8) is 0 Å². The Kier molecular flexibility index (Phi) is 3.76. The van der Waals surface area contributed by atoms with Gasteiger partial charge < -0.3 is 10.7 Å². The molecule has 0 aliphatic carbocycles. The molecular formula is C23H16N8. The van der Waals surface area contributed by atoms with Gasteiger partial charge in [-0.1, -0.05) is 0 Å². The van der Waals surface area contributed by atoms with E-state index in [1.54, 1.807) is 31.0 Å². The van der Waals surface area contributed by atoms with Crippen molar-refractivity contribution in [3.05, 3.63) is 73.6 Å². The second kappa shape index (κ2) is 6.74. The van der Waals surface area contributed by atoms with Gasteiger partial charge in [0.05, 0.1) is 34.5 Å². The number of nitrogens with one attached hydrogen (secondary N) is 2. The molecule has 0 atom stereocenters. The van der Waals surface area contributed by atoms with Crippen LogP contribution in [0.2, 0.25) is 0 Å². The highest BCUT2D eigenvalue weighted by molar-refractivity contribution is 6.00. The highest BCUT2D eigenvalue weighted by Crippen LogP contribution is 2.33. The molecule has 0 spiro atoms. The van der Waals surface area contributed by atoms with Crippen molar-refractivity contribution in [2.75, 3.05) is 5.73 Å². The number of anilines is 1. The molecule has 8 heteroatoms. The molecule has 6 heterocycles. The first kappa shape index (κ1) is 17.3. The van der Waals surface area contributed by atoms with Crippen LogP contribution < -0.4 is 5.73 Å². The Hall–Kier alpha value is -4.59. The van der Waals surface area contributed by atoms with Crippen molar-refractivity contribution in [1.29, 1.82) is 0 Å². The van der Waals surface area contributed by atoms with E-state index in [1.165, 1.54) is 0 Å². The van der Waals surface area contributed by atoms with Gasteiger partial charge in [-0.15, -0.1) is 0 Å². The number of hydrogen-bond donors (Lipinski definition) is 3. The molecule has 0 fully saturated rings. The van der Waals surface area contributed by atoms with E-state index in [0.717, 1.165) is 55.7 Å². The fraction of sp³-hybridized carbons (Fsp3) is 0. The molecule has 4 N–H and O–H groups in total. The predicted molar refractivity (Wildman–Crippen MR) is 120 cm³/mol. The van der Waals surface area contributed by atoms with Crippen LogP contribution in [0.25, 0.3) is 55.7 Å². The lowest BCUT2D eigenvalue weighted by Gasteiger charge is -2.02. The van der Waals surface area contributed by atoms with E-state index in [1.807, 2.05) is 36.5 Å². The Bertz CT molecular complexity index is 1550. The quantitative estimate of drug-likeness (QED) is 0.406. The molecule has 0 aromatic carbocycles. The van der Waals surface area contributed by atoms with Crippen LogP contribution in [0.3, 0.4) is 0 Å². The Balaban J connectivity index is 1.51. The molecule has 0 aliphatic heterocycles. The zero-order chi connectivity index (χ0) is 20.8. The van der Waals surface area contributed by atoms with E-state index in [0.29, 0.717) is 5.69 Å². The number of fused-ring (bicyclic) bond motifs is 2. The standard InChI is InChI=1S/C23H16N8/c24-15-6-14(10-26-11-15)19-7-17-21(12-28-19)30-31-23(17)20-8-16-18(29-20)3-5-27-22(16)13-2-1-4-25-9-13/h1-12,29H,24H2,(H,30,31). The maximum atomic E-state index is 5.89. The average Bonchev–Trinajstić information content (AvgIpc) is 3.43. The van der Waals surface area contributed by atoms with Crippen molar-refractivity contribution in [3.8, 4) is 33.9 Å². The zero-order valence-electron chi connectivity index (χ0n) is 16.2. The molecule has 8 nitrogen and oxygen atoms in total. The smallest absolute Gasteiger partial charge is 0.116 e. The summed E-state index contributed by atoms with van der Waals surface area (Å²) < 4.78 is 0. The largest absolute Gasteiger partial charge is 0.397 e. The highest BCUT2D eigenvalue weighted by Gasteiger charge is 2.15. The molecule has 0 aliphatic rings. The van der Waals surface area contributed by atoms with Crippen LogP contribution in [-0.4, -0.2) is 35.1 Å². The van der Waals surface area contributed by atoms with E-state index in [4.69, 9.17) is 5.73 Å². The van der Waals surface area contributed by atoms with Crippen LogP contribution in [0, 0.1) is 0 Å². The van der Waals surface area contributed by atoms with Crippen LogP contribution in [0.5, 0.6) is 0 Å². The van der Waals surface area contributed by atoms with Gasteiger partial charge in [0.15, 0.2) is 0 Å². The highest BCUT2D eigenvalue weighted by atomic mass is 15.1. The average molecular weight is 404 g/mol. The predicted octanol–water partition coefficient (Wildman–Crippen LogP) is 4.21. The summed E-state index contributed by atoms with van der Waals surface area (Å²) >= 11 is 0. The van der Waals surface area contributed by atoms with Gasteiger partial charge in [-0.25, -0.2) is 0 Å². The van der Waals surface area contributed by atoms with Crippen LogP contribution in [0.4, 0.5) is 5.69 Å². The normalized spacial score (nSPS) is 11.4. The van der Waals surface area contributed by atoms with Gasteiger partial charge in [0.25, 0.3) is 0 Å². The summed E-state index contributed by atoms with van der Waals surface area (Å²) in [5.74, 6) is 0. The third kappa shape index (κ3) is 2.89. The summed E-state index contributed by atoms with van der Waals surface area (Å²) in [6, 6.07) is 11.8. The van der Waals surface area contributed by atoms with E-state index in [9.17, 15) is 0 Å². The zero-order valence-corrected chi connectivity index (χ0v) is 16.2. The van der Waals surface area contributed by atoms with Gasteiger partial charge in [0, 0.05) is 58.4 Å². The molecule has 6 aromatic rings. The van der Waals surface area contributed by atoms with E-state index in [-0.39, 0.29) is 0 Å². The summed E-state index contributed by atoms with van der Waals surface area (Å²) in [4.78, 5) is 21.0. The van der Waals surface area contributed by atoms with Crippen molar-refractivity contribution in [1.82, 2.24) is 35.1 Å². The van der Waals surface area contributed by atoms with E-state index >= 15 is 0 Å². The topological polar surface area (TPSA) is 122 Å². The fourth-order valence-electron chi connectivity index (χ4n) is 3.79. The SMILES string of the molecule is Nc1cncc(-c2cc3c(-c4cc5c(-c6cccnc6)nccc5[nH]4)n[nH]c3cn2)c1. The van der Waals surface area contributed by atoms with Gasteiger partial charge >= 0.3 is 0 Å². The number of H-pyrrole nitrogens is 2. The number of nitrogens with zero attached hydrogens (tertiary/aromatic N) is 5. The number of aromatic nitrogens is 7. The molecule has 31 heavy (non-hydrogen) atoms. The number of aromatic amines is 2. The van der Waals surface area contributed by atoms with Gasteiger partial charge in [-0.2, -0.15) is 5.10 Å². The summed E-state index contributed by atoms with van der Waals surface area (Å²) in [6.45, 7) is 0. The molecular weight excluding hydrogens is 388 g/mol. The van der Waals surface area contributed by atoms with Gasteiger partial charge in [0.1, 0.15) is 5.69 Å². The molecule has 0 amide bonds. The second-order valence-corrected chi connectivity index (χ2v) is 7.24. The number of rotatable bonds is 3. The van der Waals surface area contributed by atoms with Crippen molar-refractivity contribution >= 4 is 27.5 Å². The lowest BCUT2D eigenvalue weighted by molar-refractivity contribution is 1.11. The van der Waals surface area contributed by atoms with Crippen molar-refractivity contribution < 1.29 is 0 Å². The minimum atomic E-state index is 0.595. The first-order valence-corrected chi connectivity index (χ1v) is 9.70. The van der Waals surface area contributed by atoms with Crippen LogP contribution in [-0.2, 0) is 0 Å². The lowest BCUT2D eigenvalue weighted by atomic mass is 10.1. The Morgan fingerprint density at radius 2 is 1.65 bits per heavy atom. The molecule has 0 saturated carbocycles. The number of hydrogen-bond acceptors (Lipinski definition) is 6. The van der Waals surface area contributed by atoms with E-state index < -0.39 is 0 Å². The second-order valence-electron chi connectivity index (χ2n) is 7.24. The molecule has 0 unspecified atom stereocenters. The third-order valence-corrected chi connectivity index (χ3v) is 5.24. The summed E-state index contributed by atoms with van der Waals surface area (Å²) in [5, 5.41) is 9.58. The van der Waals surface area contributed by atoms with E-state index in [2.05, 4.69) is 41.2 Å². The summed E-state index contributed by atoms with van der Waals surface area (Å²) in [5.41, 5.74) is 13.5. The molecule has 0 saturated heterocycles. The fourth-order valence-corrected chi connectivity index (χ4v) is 3.79.